The van der Waals surface area contributed by atoms with Crippen molar-refractivity contribution in [3.63, 3.8) is 0 Å². The van der Waals surface area contributed by atoms with Gasteiger partial charge < -0.3 is 15.5 Å². The molecule has 7 heteroatoms. The molecule has 2 heterocycles. The maximum atomic E-state index is 11.1. The molecule has 4 N–H and O–H groups in total. The van der Waals surface area contributed by atoms with Gasteiger partial charge in [0.05, 0.1) is 5.37 Å². The van der Waals surface area contributed by atoms with Crippen LogP contribution in [0.1, 0.15) is 0 Å². The van der Waals surface area contributed by atoms with Crippen molar-refractivity contribution in [3.8, 4) is 5.75 Å². The normalized spacial score (nSPS) is 26.8. The number of carboxylic acid groups (broad SMARTS) is 1. The maximum absolute atomic E-state index is 11.1. The Bertz CT molecular complexity index is 768. The van der Waals surface area contributed by atoms with Crippen LogP contribution in [0.25, 0.3) is 10.8 Å². The number of aromatic hydroxyl groups is 1. The number of hydrogen-bond donors (Lipinski definition) is 4. The average Bonchev–Trinajstić information content (AvgIpc) is 3.13. The number of nitrogens with one attached hydrogen (secondary N) is 2. The first-order valence-corrected chi connectivity index (χ1v) is 8.84. The van der Waals surface area contributed by atoms with Crippen molar-refractivity contribution >= 4 is 46.0 Å². The Hall–Kier alpha value is -1.57. The van der Waals surface area contributed by atoms with Crippen molar-refractivity contribution in [2.75, 3.05) is 11.1 Å². The number of fused-ring (bicyclic) bond motifs is 3. The van der Waals surface area contributed by atoms with Crippen molar-refractivity contribution in [3.05, 3.63) is 30.3 Å². The molecule has 3 atom stereocenters. The first-order chi connectivity index (χ1) is 10.6. The zero-order chi connectivity index (χ0) is 15.3. The minimum absolute atomic E-state index is 0.0608. The molecule has 1 fully saturated rings. The summed E-state index contributed by atoms with van der Waals surface area (Å²) in [6.07, 6.45) is 0. The van der Waals surface area contributed by atoms with Crippen LogP contribution in [-0.2, 0) is 4.79 Å². The van der Waals surface area contributed by atoms with E-state index in [0.717, 1.165) is 21.4 Å². The first kappa shape index (κ1) is 14.0. The van der Waals surface area contributed by atoms with Crippen LogP contribution in [0, 0.1) is 0 Å². The highest BCUT2D eigenvalue weighted by molar-refractivity contribution is 8.04. The van der Waals surface area contributed by atoms with E-state index in [1.165, 1.54) is 0 Å². The van der Waals surface area contributed by atoms with E-state index < -0.39 is 12.0 Å². The lowest BCUT2D eigenvalue weighted by atomic mass is 10.1. The molecular weight excluding hydrogens is 320 g/mol. The van der Waals surface area contributed by atoms with Gasteiger partial charge in [0.25, 0.3) is 0 Å². The monoisotopic (exact) mass is 334 g/mol. The minimum Gasteiger partial charge on any atom is -0.508 e. The second-order valence-electron chi connectivity index (χ2n) is 5.34. The summed E-state index contributed by atoms with van der Waals surface area (Å²) in [6.45, 7) is 0. The lowest BCUT2D eigenvalue weighted by Gasteiger charge is -2.18. The Balaban J connectivity index is 1.61. The number of rotatable bonds is 2. The summed E-state index contributed by atoms with van der Waals surface area (Å²) in [5, 5.41) is 27.6. The number of anilines is 1. The number of phenolic OH excluding ortho intramolecular Hbond substituents is 1. The molecule has 0 saturated carbocycles. The van der Waals surface area contributed by atoms with E-state index in [2.05, 4.69) is 10.6 Å². The molecule has 0 aromatic heterocycles. The molecular formula is C15H14N2O3S2. The van der Waals surface area contributed by atoms with Gasteiger partial charge in [-0.2, -0.15) is 0 Å². The highest BCUT2D eigenvalue weighted by atomic mass is 32.2. The van der Waals surface area contributed by atoms with Gasteiger partial charge >= 0.3 is 5.97 Å². The molecule has 2 aromatic carbocycles. The standard InChI is InChI=1S/C15H14N2O3S2/c18-8-2-3-9-7(5-8)1-4-10-12(9)22-14(16-10)13-17-11(6-21-13)15(19)20/h1-5,11,13-14,16-18H,6H2,(H,19,20). The predicted molar refractivity (Wildman–Crippen MR) is 89.7 cm³/mol. The van der Waals surface area contributed by atoms with Crippen LogP contribution in [0.4, 0.5) is 5.69 Å². The van der Waals surface area contributed by atoms with Gasteiger partial charge in [0, 0.05) is 16.3 Å². The van der Waals surface area contributed by atoms with Crippen LogP contribution >= 0.6 is 23.5 Å². The van der Waals surface area contributed by atoms with Gasteiger partial charge in [0.2, 0.25) is 0 Å². The van der Waals surface area contributed by atoms with E-state index in [4.69, 9.17) is 5.11 Å². The van der Waals surface area contributed by atoms with Crippen molar-refractivity contribution < 1.29 is 15.0 Å². The van der Waals surface area contributed by atoms with Gasteiger partial charge in [-0.1, -0.05) is 17.8 Å². The van der Waals surface area contributed by atoms with Crippen LogP contribution in [0.5, 0.6) is 5.75 Å². The Labute approximate surface area is 135 Å². The molecule has 1 saturated heterocycles. The highest BCUT2D eigenvalue weighted by Gasteiger charge is 2.37. The highest BCUT2D eigenvalue weighted by Crippen LogP contribution is 2.46. The van der Waals surface area contributed by atoms with E-state index in [1.807, 2.05) is 18.2 Å². The van der Waals surface area contributed by atoms with Crippen molar-refractivity contribution in [2.45, 2.75) is 21.7 Å². The number of thioether (sulfide) groups is 2. The summed E-state index contributed by atoms with van der Waals surface area (Å²) in [5.41, 5.74) is 1.06. The van der Waals surface area contributed by atoms with Crippen molar-refractivity contribution in [2.24, 2.45) is 0 Å². The van der Waals surface area contributed by atoms with Crippen molar-refractivity contribution in [1.82, 2.24) is 5.32 Å². The van der Waals surface area contributed by atoms with Crippen LogP contribution in [-0.4, -0.2) is 38.7 Å². The fourth-order valence-corrected chi connectivity index (χ4v) is 5.54. The van der Waals surface area contributed by atoms with E-state index in [0.29, 0.717) is 5.75 Å². The average molecular weight is 334 g/mol. The van der Waals surface area contributed by atoms with Gasteiger partial charge in [0.15, 0.2) is 0 Å². The Morgan fingerprint density at radius 3 is 2.86 bits per heavy atom. The topological polar surface area (TPSA) is 81.6 Å². The van der Waals surface area contributed by atoms with Crippen LogP contribution in [0.2, 0.25) is 0 Å². The Kier molecular flexibility index (Phi) is 3.36. The van der Waals surface area contributed by atoms with Gasteiger partial charge in [-0.05, 0) is 35.0 Å². The molecule has 4 rings (SSSR count). The lowest BCUT2D eigenvalue weighted by molar-refractivity contribution is -0.138. The zero-order valence-corrected chi connectivity index (χ0v) is 13.1. The van der Waals surface area contributed by atoms with Crippen LogP contribution < -0.4 is 10.6 Å². The smallest absolute Gasteiger partial charge is 0.321 e. The SMILES string of the molecule is O=C(O)C1CSC(C2Nc3ccc4cc(O)ccc4c3S2)N1. The molecule has 0 bridgehead atoms. The summed E-state index contributed by atoms with van der Waals surface area (Å²) >= 11 is 3.35. The molecule has 2 aliphatic heterocycles. The largest absolute Gasteiger partial charge is 0.508 e. The van der Waals surface area contributed by atoms with E-state index in [9.17, 15) is 9.90 Å². The molecule has 0 radical (unpaired) electrons. The zero-order valence-electron chi connectivity index (χ0n) is 11.4. The molecule has 0 spiro atoms. The summed E-state index contributed by atoms with van der Waals surface area (Å²) in [6, 6.07) is 8.90. The van der Waals surface area contributed by atoms with Gasteiger partial charge in [-0.25, -0.2) is 0 Å². The fraction of sp³-hybridized carbons (Fsp3) is 0.267. The summed E-state index contributed by atoms with van der Waals surface area (Å²) in [7, 11) is 0. The predicted octanol–water partition coefficient (Wildman–Crippen LogP) is 2.50. The number of carboxylic acids is 1. The first-order valence-electron chi connectivity index (χ1n) is 6.91. The summed E-state index contributed by atoms with van der Waals surface area (Å²) in [5.74, 6) is 0.0534. The van der Waals surface area contributed by atoms with Gasteiger partial charge in [0.1, 0.15) is 17.2 Å². The fourth-order valence-electron chi connectivity index (χ4n) is 2.79. The van der Waals surface area contributed by atoms with Gasteiger partial charge in [-0.3, -0.25) is 10.1 Å². The third-order valence-corrected chi connectivity index (χ3v) is 6.66. The Morgan fingerprint density at radius 2 is 2.09 bits per heavy atom. The lowest BCUT2D eigenvalue weighted by Crippen LogP contribution is -2.42. The van der Waals surface area contributed by atoms with E-state index in [-0.39, 0.29) is 16.5 Å². The molecule has 5 nitrogen and oxygen atoms in total. The number of benzene rings is 2. The molecule has 114 valence electrons. The third-order valence-electron chi connectivity index (χ3n) is 3.88. The molecule has 22 heavy (non-hydrogen) atoms. The van der Waals surface area contributed by atoms with Crippen LogP contribution in [0.3, 0.4) is 0 Å². The van der Waals surface area contributed by atoms with E-state index in [1.54, 1.807) is 35.7 Å². The summed E-state index contributed by atoms with van der Waals surface area (Å²) in [4.78, 5) is 12.2. The molecule has 2 aromatic rings. The molecule has 2 aliphatic rings. The maximum Gasteiger partial charge on any atom is 0.321 e. The Morgan fingerprint density at radius 1 is 1.23 bits per heavy atom. The van der Waals surface area contributed by atoms with E-state index >= 15 is 0 Å². The summed E-state index contributed by atoms with van der Waals surface area (Å²) < 4.78 is 0. The molecule has 0 aliphatic carbocycles. The molecule has 3 unspecified atom stereocenters. The second kappa shape index (κ2) is 5.26. The number of carbonyl (C=O) groups is 1. The number of aliphatic carboxylic acids is 1. The van der Waals surface area contributed by atoms with Crippen LogP contribution in [0.15, 0.2) is 35.2 Å². The number of hydrogen-bond acceptors (Lipinski definition) is 6. The number of phenols is 1. The second-order valence-corrected chi connectivity index (χ2v) is 7.67. The van der Waals surface area contributed by atoms with Crippen molar-refractivity contribution in [1.29, 1.82) is 0 Å². The third kappa shape index (κ3) is 2.29. The minimum atomic E-state index is -0.795. The quantitative estimate of drug-likeness (QED) is 0.672. The molecule has 0 amide bonds. The van der Waals surface area contributed by atoms with Gasteiger partial charge in [-0.15, -0.1) is 11.8 Å².